The number of hydrogen-bond acceptors (Lipinski definition) is 3. The third-order valence-corrected chi connectivity index (χ3v) is 4.98. The van der Waals surface area contributed by atoms with Crippen molar-refractivity contribution >= 4 is 17.6 Å². The molecule has 0 bridgehead atoms. The Labute approximate surface area is 160 Å². The number of rotatable bonds is 5. The van der Waals surface area contributed by atoms with Gasteiger partial charge >= 0.3 is 12.1 Å². The highest BCUT2D eigenvalue weighted by atomic mass is 35.5. The maximum absolute atomic E-state index is 13.9. The molecule has 0 amide bonds. The Kier molecular flexibility index (Phi) is 5.94. The summed E-state index contributed by atoms with van der Waals surface area (Å²) in [5, 5.41) is -1.42. The van der Waals surface area contributed by atoms with Crippen LogP contribution < -0.4 is 4.74 Å². The average Bonchev–Trinajstić information content (AvgIpc) is 3.13. The second-order valence-corrected chi connectivity index (χ2v) is 7.12. The van der Waals surface area contributed by atoms with Gasteiger partial charge in [0.25, 0.3) is 0 Å². The van der Waals surface area contributed by atoms with Crippen LogP contribution in [0.1, 0.15) is 19.4 Å². The molecule has 1 aromatic carbocycles. The highest BCUT2D eigenvalue weighted by Crippen LogP contribution is 2.60. The minimum absolute atomic E-state index is 0.654. The molecule has 1 aliphatic carbocycles. The number of allylic oxidation sites excluding steroid dienone is 2. The van der Waals surface area contributed by atoms with Crippen LogP contribution in [0.3, 0.4) is 0 Å². The molecule has 1 aromatic rings. The number of ether oxygens (including phenoxy) is 2. The van der Waals surface area contributed by atoms with Gasteiger partial charge in [0.15, 0.2) is 17.4 Å². The van der Waals surface area contributed by atoms with Crippen molar-refractivity contribution < 1.29 is 45.0 Å². The van der Waals surface area contributed by atoms with E-state index in [0.29, 0.717) is 6.08 Å². The topological polar surface area (TPSA) is 35.5 Å². The molecule has 0 aliphatic heterocycles. The largest absolute Gasteiger partial charge is 0.491 e. The highest BCUT2D eigenvalue weighted by Gasteiger charge is 2.62. The van der Waals surface area contributed by atoms with Crippen molar-refractivity contribution in [3.8, 4) is 5.75 Å². The van der Waals surface area contributed by atoms with Gasteiger partial charge in [-0.3, -0.25) is 4.79 Å². The van der Waals surface area contributed by atoms with E-state index in [1.165, 1.54) is 13.8 Å². The van der Waals surface area contributed by atoms with Gasteiger partial charge in [-0.1, -0.05) is 31.5 Å². The van der Waals surface area contributed by atoms with Crippen molar-refractivity contribution in [3.63, 3.8) is 0 Å². The molecule has 3 nitrogen and oxygen atoms in total. The summed E-state index contributed by atoms with van der Waals surface area (Å²) in [6, 6.07) is 0. The first-order chi connectivity index (χ1) is 12.7. The first-order valence-electron chi connectivity index (χ1n) is 7.75. The van der Waals surface area contributed by atoms with Gasteiger partial charge in [0.05, 0.1) is 18.6 Å². The first-order valence-corrected chi connectivity index (χ1v) is 8.12. The Morgan fingerprint density at radius 2 is 1.61 bits per heavy atom. The second kappa shape index (κ2) is 7.46. The third-order valence-electron chi connectivity index (χ3n) is 4.64. The van der Waals surface area contributed by atoms with Gasteiger partial charge in [-0.2, -0.15) is 22.0 Å². The summed E-state index contributed by atoms with van der Waals surface area (Å²) in [6.07, 6.45) is -4.14. The van der Waals surface area contributed by atoms with E-state index < -0.39 is 75.6 Å². The molecule has 28 heavy (non-hydrogen) atoms. The second-order valence-electron chi connectivity index (χ2n) is 6.71. The van der Waals surface area contributed by atoms with E-state index in [9.17, 15) is 35.5 Å². The summed E-state index contributed by atoms with van der Waals surface area (Å²) in [7, 11) is 0.801. The molecule has 0 aromatic heterocycles. The number of alkyl halides is 3. The van der Waals surface area contributed by atoms with Crippen LogP contribution in [-0.4, -0.2) is 19.3 Å². The van der Waals surface area contributed by atoms with Crippen LogP contribution in [0.4, 0.5) is 30.7 Å². The monoisotopic (exact) mass is 434 g/mol. The predicted molar refractivity (Wildman–Crippen MR) is 83.4 cm³/mol. The van der Waals surface area contributed by atoms with Gasteiger partial charge < -0.3 is 9.47 Å². The van der Waals surface area contributed by atoms with Crippen LogP contribution in [0.5, 0.6) is 5.75 Å². The first kappa shape index (κ1) is 22.3. The van der Waals surface area contributed by atoms with E-state index in [1.54, 1.807) is 0 Å². The summed E-state index contributed by atoms with van der Waals surface area (Å²) in [5.41, 5.74) is -2.15. The van der Waals surface area contributed by atoms with Crippen molar-refractivity contribution in [2.24, 2.45) is 17.3 Å². The quantitative estimate of drug-likeness (QED) is 0.361. The molecular weight excluding hydrogens is 421 g/mol. The Morgan fingerprint density at radius 1 is 1.11 bits per heavy atom. The summed E-state index contributed by atoms with van der Waals surface area (Å²) in [4.78, 5) is 12.1. The van der Waals surface area contributed by atoms with Crippen LogP contribution >= 0.6 is 11.6 Å². The predicted octanol–water partition coefficient (Wildman–Crippen LogP) is 5.25. The van der Waals surface area contributed by atoms with E-state index in [-0.39, 0.29) is 0 Å². The van der Waals surface area contributed by atoms with Crippen LogP contribution in [0.25, 0.3) is 0 Å². The van der Waals surface area contributed by atoms with Gasteiger partial charge in [-0.25, -0.2) is 8.78 Å². The molecule has 0 radical (unpaired) electrons. The lowest BCUT2D eigenvalue weighted by Gasteiger charge is -2.11. The molecule has 0 saturated heterocycles. The lowest BCUT2D eigenvalue weighted by Crippen LogP contribution is -2.14. The third kappa shape index (κ3) is 3.92. The van der Waals surface area contributed by atoms with Crippen LogP contribution in [-0.2, 0) is 16.1 Å². The fourth-order valence-electron chi connectivity index (χ4n) is 2.89. The van der Waals surface area contributed by atoms with Crippen LogP contribution in [0, 0.1) is 40.5 Å². The van der Waals surface area contributed by atoms with Crippen LogP contribution in [0.15, 0.2) is 11.1 Å². The van der Waals surface area contributed by atoms with Crippen molar-refractivity contribution in [2.75, 3.05) is 7.11 Å². The lowest BCUT2D eigenvalue weighted by molar-refractivity contribution is -0.147. The highest BCUT2D eigenvalue weighted by molar-refractivity contribution is 6.30. The van der Waals surface area contributed by atoms with Crippen molar-refractivity contribution in [2.45, 2.75) is 26.6 Å². The van der Waals surface area contributed by atoms with E-state index in [2.05, 4.69) is 9.47 Å². The molecule has 11 heteroatoms. The minimum atomic E-state index is -4.79. The summed E-state index contributed by atoms with van der Waals surface area (Å²) < 4.78 is 102. The molecule has 2 rings (SSSR count). The Morgan fingerprint density at radius 3 is 2.04 bits per heavy atom. The summed E-state index contributed by atoms with van der Waals surface area (Å²) in [6.45, 7) is 1.77. The van der Waals surface area contributed by atoms with Gasteiger partial charge in [0, 0.05) is 0 Å². The molecule has 2 atom stereocenters. The van der Waals surface area contributed by atoms with Gasteiger partial charge in [0.2, 0.25) is 11.6 Å². The van der Waals surface area contributed by atoms with Crippen molar-refractivity contribution in [3.05, 3.63) is 39.9 Å². The molecule has 0 N–H and O–H groups in total. The number of benzene rings is 1. The van der Waals surface area contributed by atoms with E-state index in [1.807, 2.05) is 0 Å². The number of halogens is 8. The number of methoxy groups -OCH3 is 1. The number of esters is 1. The average molecular weight is 435 g/mol. The molecule has 0 spiro atoms. The Balaban J connectivity index is 2.18. The van der Waals surface area contributed by atoms with E-state index in [4.69, 9.17) is 11.6 Å². The smallest absolute Gasteiger partial charge is 0.426 e. The zero-order valence-electron chi connectivity index (χ0n) is 14.7. The maximum Gasteiger partial charge on any atom is 0.426 e. The zero-order chi connectivity index (χ0) is 21.6. The normalized spacial score (nSPS) is 21.5. The maximum atomic E-state index is 13.9. The Hall–Kier alpha value is -1.97. The summed E-state index contributed by atoms with van der Waals surface area (Å²) >= 11 is 5.16. The molecule has 1 saturated carbocycles. The van der Waals surface area contributed by atoms with Gasteiger partial charge in [-0.05, 0) is 11.3 Å². The SMILES string of the molecule is COc1c(F)c(F)c(COC(=O)C2C(C=C(Cl)C(F)(F)F)C2(C)C)c(F)c1F. The minimum Gasteiger partial charge on any atom is -0.491 e. The van der Waals surface area contributed by atoms with Gasteiger partial charge in [-0.15, -0.1) is 0 Å². The molecule has 0 heterocycles. The van der Waals surface area contributed by atoms with Gasteiger partial charge in [0.1, 0.15) is 11.6 Å². The van der Waals surface area contributed by atoms with Crippen LogP contribution in [0.2, 0.25) is 0 Å². The fourth-order valence-corrected chi connectivity index (χ4v) is 3.02. The standard InChI is InChI=1S/C17H14ClF7O3/c1-16(2)7(4-8(18)17(23,24)25)9(16)15(26)28-5-6-10(19)12(21)14(27-3)13(22)11(6)20/h4,7,9H,5H2,1-3H3. The molecule has 1 fully saturated rings. The fraction of sp³-hybridized carbons (Fsp3) is 0.471. The molecule has 156 valence electrons. The van der Waals surface area contributed by atoms with Crippen molar-refractivity contribution in [1.82, 2.24) is 0 Å². The number of hydrogen-bond donors (Lipinski definition) is 0. The zero-order valence-corrected chi connectivity index (χ0v) is 15.4. The molecule has 2 unspecified atom stereocenters. The van der Waals surface area contributed by atoms with E-state index >= 15 is 0 Å². The van der Waals surface area contributed by atoms with Crippen molar-refractivity contribution in [1.29, 1.82) is 0 Å². The summed E-state index contributed by atoms with van der Waals surface area (Å²) in [5.74, 6) is -11.6. The van der Waals surface area contributed by atoms with E-state index in [0.717, 1.165) is 7.11 Å². The molecule has 1 aliphatic rings. The number of carbonyl (C=O) groups is 1. The lowest BCUT2D eigenvalue weighted by atomic mass is 10.1. The Bertz CT molecular complexity index is 804. The number of carbonyl (C=O) groups excluding carboxylic acids is 1. The molecular formula is C17H14ClF7O3.